The quantitative estimate of drug-likeness (QED) is 0.642. The van der Waals surface area contributed by atoms with Crippen molar-refractivity contribution in [1.82, 2.24) is 24.6 Å². The van der Waals surface area contributed by atoms with Gasteiger partial charge in [-0.25, -0.2) is 4.79 Å². The van der Waals surface area contributed by atoms with Crippen LogP contribution < -0.4 is 5.69 Å². The Labute approximate surface area is 111 Å². The summed E-state index contributed by atoms with van der Waals surface area (Å²) < 4.78 is 1.23. The summed E-state index contributed by atoms with van der Waals surface area (Å²) in [5, 5.41) is 11.7. The molecule has 0 fully saturated rings. The zero-order chi connectivity index (χ0) is 13.4. The number of aromatic nitrogens is 5. The lowest BCUT2D eigenvalue weighted by molar-refractivity contribution is 0.834. The van der Waals surface area contributed by atoms with E-state index in [9.17, 15) is 4.79 Å². The molecule has 0 amide bonds. The van der Waals surface area contributed by atoms with Gasteiger partial charge in [-0.3, -0.25) is 10.1 Å². The summed E-state index contributed by atoms with van der Waals surface area (Å²) in [5.41, 5.74) is 0.758. The standard InChI is InChI=1S/C11H6N6OS/c12-5-6-2-1-3-7(4-6)8-13-9-14-10(19)15-11(18)17(9)16-8/h1-4H,(H2,13,14,15,16,18,19). The molecule has 8 heteroatoms. The summed E-state index contributed by atoms with van der Waals surface area (Å²) in [6, 6.07) is 8.91. The Morgan fingerprint density at radius 1 is 1.37 bits per heavy atom. The molecule has 0 spiro atoms. The monoisotopic (exact) mass is 270 g/mol. The minimum absolute atomic E-state index is 0.0776. The molecule has 0 aliphatic heterocycles. The average Bonchev–Trinajstić information content (AvgIpc) is 2.83. The molecule has 2 heterocycles. The van der Waals surface area contributed by atoms with E-state index in [1.165, 1.54) is 0 Å². The number of H-pyrrole nitrogens is 2. The van der Waals surface area contributed by atoms with Crippen LogP contribution in [0.3, 0.4) is 0 Å². The molecule has 0 bridgehead atoms. The van der Waals surface area contributed by atoms with Crippen LogP contribution in [0.5, 0.6) is 0 Å². The van der Waals surface area contributed by atoms with Gasteiger partial charge in [-0.15, -0.1) is 0 Å². The first kappa shape index (κ1) is 11.3. The van der Waals surface area contributed by atoms with Crippen molar-refractivity contribution in [3.05, 3.63) is 45.1 Å². The Hall–Kier alpha value is -2.79. The van der Waals surface area contributed by atoms with Crippen LogP contribution in [-0.2, 0) is 0 Å². The summed E-state index contributed by atoms with van der Waals surface area (Å²) in [5.74, 6) is 0.627. The molecular weight excluding hydrogens is 264 g/mol. The van der Waals surface area contributed by atoms with Crippen LogP contribution in [0, 0.1) is 16.1 Å². The van der Waals surface area contributed by atoms with Crippen molar-refractivity contribution in [2.45, 2.75) is 0 Å². The van der Waals surface area contributed by atoms with Gasteiger partial charge in [-0.05, 0) is 24.4 Å². The van der Waals surface area contributed by atoms with Crippen molar-refractivity contribution < 1.29 is 0 Å². The highest BCUT2D eigenvalue weighted by Crippen LogP contribution is 2.16. The van der Waals surface area contributed by atoms with Crippen molar-refractivity contribution in [2.24, 2.45) is 0 Å². The molecule has 1 aromatic carbocycles. The van der Waals surface area contributed by atoms with E-state index in [1.807, 2.05) is 6.07 Å². The maximum absolute atomic E-state index is 11.6. The van der Waals surface area contributed by atoms with Crippen LogP contribution >= 0.6 is 12.2 Å². The topological polar surface area (TPSA) is 103 Å². The molecule has 0 atom stereocenters. The third-order valence-electron chi connectivity index (χ3n) is 2.51. The van der Waals surface area contributed by atoms with E-state index in [-0.39, 0.29) is 10.5 Å². The first-order valence-corrected chi connectivity index (χ1v) is 5.68. The number of hydrogen-bond acceptors (Lipinski definition) is 5. The van der Waals surface area contributed by atoms with E-state index >= 15 is 0 Å². The zero-order valence-electron chi connectivity index (χ0n) is 9.41. The maximum atomic E-state index is 11.6. The van der Waals surface area contributed by atoms with Crippen LogP contribution in [0.2, 0.25) is 0 Å². The number of aromatic amines is 2. The molecule has 0 unspecified atom stereocenters. The Balaban J connectivity index is 2.26. The molecule has 19 heavy (non-hydrogen) atoms. The van der Waals surface area contributed by atoms with E-state index < -0.39 is 5.69 Å². The lowest BCUT2D eigenvalue weighted by atomic mass is 10.1. The number of nitrogens with one attached hydrogen (secondary N) is 2. The molecule has 3 aromatic rings. The third kappa shape index (κ3) is 1.92. The summed E-state index contributed by atoms with van der Waals surface area (Å²) >= 11 is 4.82. The first-order valence-electron chi connectivity index (χ1n) is 5.27. The van der Waals surface area contributed by atoms with Gasteiger partial charge in [0, 0.05) is 5.56 Å². The number of hydrogen-bond donors (Lipinski definition) is 2. The number of nitriles is 1. The third-order valence-corrected chi connectivity index (χ3v) is 2.71. The Bertz CT molecular complexity index is 928. The number of nitrogens with zero attached hydrogens (tertiary/aromatic N) is 4. The van der Waals surface area contributed by atoms with Gasteiger partial charge >= 0.3 is 5.69 Å². The summed E-state index contributed by atoms with van der Waals surface area (Å²) in [7, 11) is 0. The van der Waals surface area contributed by atoms with Crippen molar-refractivity contribution in [1.29, 1.82) is 5.26 Å². The number of fused-ring (bicyclic) bond motifs is 1. The highest BCUT2D eigenvalue weighted by atomic mass is 32.1. The molecule has 0 saturated carbocycles. The molecule has 0 radical (unpaired) electrons. The highest BCUT2D eigenvalue weighted by Gasteiger charge is 2.08. The Morgan fingerprint density at radius 3 is 3.00 bits per heavy atom. The molecule has 0 aliphatic rings. The minimum atomic E-state index is -0.440. The summed E-state index contributed by atoms with van der Waals surface area (Å²) in [4.78, 5) is 22.2. The normalized spacial score (nSPS) is 10.5. The van der Waals surface area contributed by atoms with Crippen LogP contribution in [0.15, 0.2) is 29.1 Å². The largest absolute Gasteiger partial charge is 0.349 e. The minimum Gasteiger partial charge on any atom is -0.281 e. The average molecular weight is 270 g/mol. The van der Waals surface area contributed by atoms with E-state index in [4.69, 9.17) is 17.5 Å². The van der Waals surface area contributed by atoms with Gasteiger partial charge in [0.1, 0.15) is 0 Å². The summed E-state index contributed by atoms with van der Waals surface area (Å²) in [6.07, 6.45) is 0. The van der Waals surface area contributed by atoms with Gasteiger partial charge < -0.3 is 0 Å². The molecule has 0 saturated heterocycles. The molecule has 2 N–H and O–H groups in total. The predicted octanol–water partition coefficient (Wildman–Crippen LogP) is 1.01. The fraction of sp³-hybridized carbons (Fsp3) is 0. The Morgan fingerprint density at radius 2 is 2.21 bits per heavy atom. The fourth-order valence-electron chi connectivity index (χ4n) is 1.68. The maximum Gasteiger partial charge on any atom is 0.349 e. The highest BCUT2D eigenvalue weighted by molar-refractivity contribution is 7.71. The molecule has 2 aromatic heterocycles. The molecule has 92 valence electrons. The second-order valence-corrected chi connectivity index (χ2v) is 4.13. The van der Waals surface area contributed by atoms with Gasteiger partial charge in [0.15, 0.2) is 5.82 Å². The van der Waals surface area contributed by atoms with Crippen molar-refractivity contribution in [3.8, 4) is 17.5 Å². The zero-order valence-corrected chi connectivity index (χ0v) is 10.2. The van der Waals surface area contributed by atoms with E-state index in [1.54, 1.807) is 24.3 Å². The second-order valence-electron chi connectivity index (χ2n) is 3.75. The number of benzene rings is 1. The fourth-order valence-corrected chi connectivity index (χ4v) is 1.85. The van der Waals surface area contributed by atoms with E-state index in [0.717, 1.165) is 4.52 Å². The van der Waals surface area contributed by atoms with Gasteiger partial charge in [0.05, 0.1) is 11.6 Å². The van der Waals surface area contributed by atoms with Crippen LogP contribution in [0.25, 0.3) is 17.2 Å². The Kier molecular flexibility index (Phi) is 2.47. The first-order chi connectivity index (χ1) is 9.17. The SMILES string of the molecule is N#Cc1cccc(-c2nc3nc(=S)[nH]c(=O)n3[nH]2)c1. The number of rotatable bonds is 1. The molecule has 3 rings (SSSR count). The lowest BCUT2D eigenvalue weighted by Gasteiger charge is -1.95. The van der Waals surface area contributed by atoms with Gasteiger partial charge in [-0.2, -0.15) is 19.7 Å². The van der Waals surface area contributed by atoms with Crippen LogP contribution in [0.4, 0.5) is 0 Å². The van der Waals surface area contributed by atoms with Crippen LogP contribution in [0.1, 0.15) is 5.56 Å². The van der Waals surface area contributed by atoms with Gasteiger partial charge in [0.2, 0.25) is 4.77 Å². The lowest BCUT2D eigenvalue weighted by Crippen LogP contribution is -2.18. The van der Waals surface area contributed by atoms with Crippen molar-refractivity contribution >= 4 is 18.0 Å². The summed E-state index contributed by atoms with van der Waals surface area (Å²) in [6.45, 7) is 0. The van der Waals surface area contributed by atoms with Gasteiger partial charge in [-0.1, -0.05) is 12.1 Å². The smallest absolute Gasteiger partial charge is 0.281 e. The van der Waals surface area contributed by atoms with Crippen molar-refractivity contribution in [2.75, 3.05) is 0 Å². The second kappa shape index (κ2) is 4.15. The van der Waals surface area contributed by atoms with E-state index in [2.05, 4.69) is 20.1 Å². The molecule has 7 nitrogen and oxygen atoms in total. The van der Waals surface area contributed by atoms with Crippen molar-refractivity contribution in [3.63, 3.8) is 0 Å². The molecule has 0 aliphatic carbocycles. The van der Waals surface area contributed by atoms with Crippen LogP contribution in [-0.4, -0.2) is 24.6 Å². The van der Waals surface area contributed by atoms with Gasteiger partial charge in [0.25, 0.3) is 5.78 Å². The predicted molar refractivity (Wildman–Crippen MR) is 68.9 cm³/mol. The molecular formula is C11H6N6OS. The van der Waals surface area contributed by atoms with E-state index in [0.29, 0.717) is 17.0 Å².